The van der Waals surface area contributed by atoms with Crippen LogP contribution in [0.5, 0.6) is 0 Å². The number of carbonyl (C=O) groups excluding carboxylic acids is 2. The summed E-state index contributed by atoms with van der Waals surface area (Å²) in [4.78, 5) is 24.3. The van der Waals surface area contributed by atoms with Crippen LogP contribution in [-0.4, -0.2) is 57.7 Å². The number of amides is 2. The maximum absolute atomic E-state index is 12.1. The zero-order valence-corrected chi connectivity index (χ0v) is 12.3. The first-order valence-corrected chi connectivity index (χ1v) is 6.99. The summed E-state index contributed by atoms with van der Waals surface area (Å²) in [7, 11) is 0. The van der Waals surface area contributed by atoms with Crippen LogP contribution in [0.25, 0.3) is 0 Å². The van der Waals surface area contributed by atoms with Crippen molar-refractivity contribution in [1.29, 1.82) is 0 Å². The van der Waals surface area contributed by atoms with Crippen molar-refractivity contribution in [3.63, 3.8) is 0 Å². The van der Waals surface area contributed by atoms with Crippen LogP contribution in [0.1, 0.15) is 40.5 Å². The Balaban J connectivity index is 2.16. The Hall–Kier alpha value is -1.50. The molecule has 2 fully saturated rings. The lowest BCUT2D eigenvalue weighted by atomic mass is 10.2. The molecule has 0 radical (unpaired) electrons. The number of hydrazine groups is 1. The molecule has 1 heterocycles. The lowest BCUT2D eigenvalue weighted by molar-refractivity contribution is -0.0822. The van der Waals surface area contributed by atoms with Crippen molar-refractivity contribution in [2.45, 2.75) is 70.9 Å². The fourth-order valence-electron chi connectivity index (χ4n) is 2.74. The summed E-state index contributed by atoms with van der Waals surface area (Å²) in [6.45, 7) is 6.97. The summed E-state index contributed by atoms with van der Waals surface area (Å²) in [5, 5.41) is 12.4. The normalized spacial score (nSPS) is 28.4. The summed E-state index contributed by atoms with van der Waals surface area (Å²) in [6.07, 6.45) is -1.35. The molecule has 2 amide bonds. The molecule has 1 saturated heterocycles. The number of nitrogens with zero attached hydrogens (tertiary/aromatic N) is 2. The molecule has 0 spiro atoms. The van der Waals surface area contributed by atoms with Crippen molar-refractivity contribution < 1.29 is 24.2 Å². The van der Waals surface area contributed by atoms with Crippen LogP contribution < -0.4 is 0 Å². The third-order valence-corrected chi connectivity index (χ3v) is 3.41. The SMILES string of the molecule is CC(C)OC(=O)N1C2CC(O)C(C2)N1C(=O)OC(C)C. The van der Waals surface area contributed by atoms with Gasteiger partial charge in [-0.2, -0.15) is 0 Å². The number of fused-ring (bicyclic) bond motifs is 2. The molecule has 20 heavy (non-hydrogen) atoms. The van der Waals surface area contributed by atoms with E-state index in [4.69, 9.17) is 9.47 Å². The summed E-state index contributed by atoms with van der Waals surface area (Å²) in [5.74, 6) is 0. The van der Waals surface area contributed by atoms with Crippen LogP contribution in [0.2, 0.25) is 0 Å². The van der Waals surface area contributed by atoms with Gasteiger partial charge in [-0.15, -0.1) is 0 Å². The Morgan fingerprint density at radius 3 is 2.00 bits per heavy atom. The molecule has 0 aromatic carbocycles. The van der Waals surface area contributed by atoms with Crippen LogP contribution in [0.15, 0.2) is 0 Å². The number of rotatable bonds is 2. The molecule has 1 aliphatic heterocycles. The van der Waals surface area contributed by atoms with E-state index in [1.54, 1.807) is 27.7 Å². The highest BCUT2D eigenvalue weighted by atomic mass is 16.6. The Bertz CT molecular complexity index is 398. The average Bonchev–Trinajstić information content (AvgIpc) is 2.82. The predicted molar refractivity (Wildman–Crippen MR) is 69.7 cm³/mol. The highest BCUT2D eigenvalue weighted by Gasteiger charge is 2.55. The maximum Gasteiger partial charge on any atom is 0.429 e. The third kappa shape index (κ3) is 2.67. The highest BCUT2D eigenvalue weighted by Crippen LogP contribution is 2.39. The Labute approximate surface area is 118 Å². The lowest BCUT2D eigenvalue weighted by Gasteiger charge is -2.38. The van der Waals surface area contributed by atoms with E-state index in [0.717, 1.165) is 0 Å². The van der Waals surface area contributed by atoms with Gasteiger partial charge in [-0.25, -0.2) is 19.6 Å². The number of aliphatic hydroxyl groups is 1. The Kier molecular flexibility index (Phi) is 4.08. The van der Waals surface area contributed by atoms with Crippen molar-refractivity contribution in [3.8, 4) is 0 Å². The van der Waals surface area contributed by atoms with Crippen molar-refractivity contribution in [2.75, 3.05) is 0 Å². The molecular weight excluding hydrogens is 264 g/mol. The zero-order chi connectivity index (χ0) is 15.0. The van der Waals surface area contributed by atoms with Crippen LogP contribution >= 0.6 is 0 Å². The minimum absolute atomic E-state index is 0.207. The quantitative estimate of drug-likeness (QED) is 0.832. The van der Waals surface area contributed by atoms with E-state index in [1.807, 2.05) is 0 Å². The van der Waals surface area contributed by atoms with Gasteiger partial charge in [0.2, 0.25) is 0 Å². The molecule has 0 aromatic rings. The van der Waals surface area contributed by atoms with E-state index in [2.05, 4.69) is 0 Å². The van der Waals surface area contributed by atoms with Gasteiger partial charge in [0.1, 0.15) is 0 Å². The molecule has 2 rings (SSSR count). The van der Waals surface area contributed by atoms with E-state index in [-0.39, 0.29) is 18.2 Å². The van der Waals surface area contributed by atoms with E-state index >= 15 is 0 Å². The van der Waals surface area contributed by atoms with Gasteiger partial charge in [0.05, 0.1) is 30.4 Å². The smallest absolute Gasteiger partial charge is 0.429 e. The summed E-state index contributed by atoms with van der Waals surface area (Å²) >= 11 is 0. The zero-order valence-electron chi connectivity index (χ0n) is 12.3. The predicted octanol–water partition coefficient (Wildman–Crippen LogP) is 1.50. The Morgan fingerprint density at radius 2 is 1.50 bits per heavy atom. The Morgan fingerprint density at radius 1 is 1.00 bits per heavy atom. The molecule has 7 heteroatoms. The van der Waals surface area contributed by atoms with Crippen molar-refractivity contribution in [3.05, 3.63) is 0 Å². The molecule has 2 aliphatic rings. The number of ether oxygens (including phenoxy) is 2. The van der Waals surface area contributed by atoms with Gasteiger partial charge < -0.3 is 14.6 Å². The first-order valence-electron chi connectivity index (χ1n) is 6.99. The van der Waals surface area contributed by atoms with Crippen LogP contribution in [0.4, 0.5) is 9.59 Å². The van der Waals surface area contributed by atoms with Gasteiger partial charge in [-0.05, 0) is 40.5 Å². The van der Waals surface area contributed by atoms with Crippen molar-refractivity contribution in [2.24, 2.45) is 0 Å². The summed E-state index contributed by atoms with van der Waals surface area (Å²) in [5.41, 5.74) is 0. The van der Waals surface area contributed by atoms with E-state index in [1.165, 1.54) is 10.0 Å². The number of hydrogen-bond donors (Lipinski definition) is 1. The minimum atomic E-state index is -0.622. The second-order valence-corrected chi connectivity index (χ2v) is 5.81. The van der Waals surface area contributed by atoms with Crippen LogP contribution in [0.3, 0.4) is 0 Å². The molecule has 0 aromatic heterocycles. The second kappa shape index (κ2) is 5.47. The number of hydrogen-bond acceptors (Lipinski definition) is 5. The fourth-order valence-corrected chi connectivity index (χ4v) is 2.74. The van der Waals surface area contributed by atoms with E-state index in [0.29, 0.717) is 12.8 Å². The van der Waals surface area contributed by atoms with Gasteiger partial charge in [0.15, 0.2) is 0 Å². The van der Waals surface area contributed by atoms with Crippen molar-refractivity contribution in [1.82, 2.24) is 10.0 Å². The molecule has 7 nitrogen and oxygen atoms in total. The van der Waals surface area contributed by atoms with Gasteiger partial charge in [-0.1, -0.05) is 0 Å². The summed E-state index contributed by atoms with van der Waals surface area (Å²) in [6, 6.07) is -0.619. The monoisotopic (exact) mass is 286 g/mol. The van der Waals surface area contributed by atoms with Gasteiger partial charge in [-0.3, -0.25) is 0 Å². The molecule has 2 bridgehead atoms. The molecule has 1 aliphatic carbocycles. The highest BCUT2D eigenvalue weighted by molar-refractivity contribution is 5.76. The minimum Gasteiger partial charge on any atom is -0.445 e. The van der Waals surface area contributed by atoms with Gasteiger partial charge >= 0.3 is 12.2 Å². The van der Waals surface area contributed by atoms with Crippen LogP contribution in [0, 0.1) is 0 Å². The average molecular weight is 286 g/mol. The topological polar surface area (TPSA) is 79.3 Å². The van der Waals surface area contributed by atoms with Crippen LogP contribution in [-0.2, 0) is 9.47 Å². The first kappa shape index (κ1) is 14.9. The molecule has 3 unspecified atom stereocenters. The second-order valence-electron chi connectivity index (χ2n) is 5.81. The van der Waals surface area contributed by atoms with E-state index < -0.39 is 24.3 Å². The fraction of sp³-hybridized carbons (Fsp3) is 0.846. The number of aliphatic hydroxyl groups excluding tert-OH is 1. The summed E-state index contributed by atoms with van der Waals surface area (Å²) < 4.78 is 10.3. The largest absolute Gasteiger partial charge is 0.445 e. The van der Waals surface area contributed by atoms with Crippen molar-refractivity contribution >= 4 is 12.2 Å². The maximum atomic E-state index is 12.1. The number of carbonyl (C=O) groups is 2. The van der Waals surface area contributed by atoms with Gasteiger partial charge in [0, 0.05) is 0 Å². The first-order chi connectivity index (χ1) is 9.31. The molecule has 114 valence electrons. The van der Waals surface area contributed by atoms with Gasteiger partial charge in [0.25, 0.3) is 0 Å². The molecule has 3 atom stereocenters. The molecule has 1 saturated carbocycles. The standard InChI is InChI=1S/C13H22N2O5/c1-7(2)19-12(17)14-9-5-10(11(16)6-9)15(14)13(18)20-8(3)4/h7-11,16H,5-6H2,1-4H3. The van der Waals surface area contributed by atoms with E-state index in [9.17, 15) is 14.7 Å². The lowest BCUT2D eigenvalue weighted by Crippen LogP contribution is -2.57. The third-order valence-electron chi connectivity index (χ3n) is 3.41. The molecule has 1 N–H and O–H groups in total. The molecular formula is C13H22N2O5.